The number of ether oxygens (including phenoxy) is 1. The molecule has 0 heterocycles. The standard InChI is InChI=1S/C16H24BrNO/c1-3-12-5-4-6-14(8-7-12)18-15-9-13(17)10-16(11-15)19-2/h9-12,14,18H,3-8H2,1-2H3. The molecule has 106 valence electrons. The fourth-order valence-corrected chi connectivity index (χ4v) is 3.40. The second-order valence-electron chi connectivity index (χ2n) is 5.50. The van der Waals surface area contributed by atoms with E-state index in [4.69, 9.17) is 4.74 Å². The van der Waals surface area contributed by atoms with Gasteiger partial charge in [-0.3, -0.25) is 0 Å². The number of hydrogen-bond donors (Lipinski definition) is 1. The highest BCUT2D eigenvalue weighted by atomic mass is 79.9. The van der Waals surface area contributed by atoms with Crippen LogP contribution in [0, 0.1) is 5.92 Å². The van der Waals surface area contributed by atoms with Crippen LogP contribution in [-0.2, 0) is 0 Å². The Labute approximate surface area is 125 Å². The fourth-order valence-electron chi connectivity index (χ4n) is 2.93. The van der Waals surface area contributed by atoms with E-state index in [1.807, 2.05) is 6.07 Å². The summed E-state index contributed by atoms with van der Waals surface area (Å²) in [5, 5.41) is 3.67. The van der Waals surface area contributed by atoms with E-state index in [2.05, 4.69) is 40.3 Å². The number of benzene rings is 1. The van der Waals surface area contributed by atoms with E-state index in [1.54, 1.807) is 7.11 Å². The van der Waals surface area contributed by atoms with Crippen molar-refractivity contribution in [2.75, 3.05) is 12.4 Å². The van der Waals surface area contributed by atoms with E-state index in [0.29, 0.717) is 6.04 Å². The van der Waals surface area contributed by atoms with Gasteiger partial charge in [0.15, 0.2) is 0 Å². The Morgan fingerprint density at radius 2 is 2.05 bits per heavy atom. The van der Waals surface area contributed by atoms with E-state index in [-0.39, 0.29) is 0 Å². The second-order valence-corrected chi connectivity index (χ2v) is 6.42. The van der Waals surface area contributed by atoms with E-state index in [1.165, 1.54) is 38.5 Å². The fraction of sp³-hybridized carbons (Fsp3) is 0.625. The Kier molecular flexibility index (Phi) is 5.56. The van der Waals surface area contributed by atoms with Gasteiger partial charge in [0.2, 0.25) is 0 Å². The number of methoxy groups -OCH3 is 1. The molecule has 1 aliphatic carbocycles. The minimum Gasteiger partial charge on any atom is -0.497 e. The first kappa shape index (κ1) is 14.7. The zero-order chi connectivity index (χ0) is 13.7. The first-order valence-electron chi connectivity index (χ1n) is 7.32. The molecule has 1 N–H and O–H groups in total. The van der Waals surface area contributed by atoms with Crippen LogP contribution in [-0.4, -0.2) is 13.2 Å². The van der Waals surface area contributed by atoms with Gasteiger partial charge in [0.05, 0.1) is 7.11 Å². The smallest absolute Gasteiger partial charge is 0.122 e. The largest absolute Gasteiger partial charge is 0.497 e. The van der Waals surface area contributed by atoms with Gasteiger partial charge in [-0.15, -0.1) is 0 Å². The van der Waals surface area contributed by atoms with Gasteiger partial charge in [-0.2, -0.15) is 0 Å². The molecule has 0 aliphatic heterocycles. The van der Waals surface area contributed by atoms with Crippen molar-refractivity contribution < 1.29 is 4.74 Å². The highest BCUT2D eigenvalue weighted by molar-refractivity contribution is 9.10. The third-order valence-electron chi connectivity index (χ3n) is 4.14. The van der Waals surface area contributed by atoms with Crippen molar-refractivity contribution in [1.82, 2.24) is 0 Å². The molecule has 0 radical (unpaired) electrons. The molecule has 3 heteroatoms. The van der Waals surface area contributed by atoms with Gasteiger partial charge in [-0.25, -0.2) is 0 Å². The highest BCUT2D eigenvalue weighted by Gasteiger charge is 2.17. The summed E-state index contributed by atoms with van der Waals surface area (Å²) in [7, 11) is 1.71. The molecule has 1 saturated carbocycles. The molecular formula is C16H24BrNO. The topological polar surface area (TPSA) is 21.3 Å². The molecule has 1 aromatic carbocycles. The van der Waals surface area contributed by atoms with Crippen molar-refractivity contribution in [2.24, 2.45) is 5.92 Å². The molecule has 2 atom stereocenters. The molecule has 1 aromatic rings. The summed E-state index contributed by atoms with van der Waals surface area (Å²) in [6, 6.07) is 6.80. The first-order chi connectivity index (χ1) is 9.21. The predicted molar refractivity (Wildman–Crippen MR) is 85.0 cm³/mol. The zero-order valence-corrected chi connectivity index (χ0v) is 13.5. The Hall–Kier alpha value is -0.700. The summed E-state index contributed by atoms with van der Waals surface area (Å²) in [6.45, 7) is 2.32. The molecule has 2 unspecified atom stereocenters. The van der Waals surface area contributed by atoms with Crippen LogP contribution in [0.4, 0.5) is 5.69 Å². The minimum absolute atomic E-state index is 0.607. The van der Waals surface area contributed by atoms with Crippen LogP contribution in [0.5, 0.6) is 5.75 Å². The third kappa shape index (κ3) is 4.41. The number of anilines is 1. The first-order valence-corrected chi connectivity index (χ1v) is 8.11. The Morgan fingerprint density at radius 3 is 2.79 bits per heavy atom. The lowest BCUT2D eigenvalue weighted by Gasteiger charge is -2.19. The third-order valence-corrected chi connectivity index (χ3v) is 4.60. The van der Waals surface area contributed by atoms with Gasteiger partial charge >= 0.3 is 0 Å². The lowest BCUT2D eigenvalue weighted by molar-refractivity contribution is 0.414. The van der Waals surface area contributed by atoms with E-state index in [9.17, 15) is 0 Å². The van der Waals surface area contributed by atoms with Crippen LogP contribution in [0.2, 0.25) is 0 Å². The number of rotatable bonds is 4. The average molecular weight is 326 g/mol. The maximum atomic E-state index is 5.31. The van der Waals surface area contributed by atoms with Gasteiger partial charge in [0.25, 0.3) is 0 Å². The van der Waals surface area contributed by atoms with Gasteiger partial charge in [-0.05, 0) is 37.3 Å². The lowest BCUT2D eigenvalue weighted by atomic mass is 9.98. The van der Waals surface area contributed by atoms with Gasteiger partial charge in [0, 0.05) is 22.3 Å². The normalized spacial score (nSPS) is 23.7. The van der Waals surface area contributed by atoms with E-state index in [0.717, 1.165) is 21.8 Å². The van der Waals surface area contributed by atoms with Crippen molar-refractivity contribution in [1.29, 1.82) is 0 Å². The predicted octanol–water partition coefficient (Wildman–Crippen LogP) is 5.23. The highest BCUT2D eigenvalue weighted by Crippen LogP contribution is 2.29. The number of nitrogens with one attached hydrogen (secondary N) is 1. The maximum absolute atomic E-state index is 5.31. The molecule has 0 spiro atoms. The van der Waals surface area contributed by atoms with Crippen molar-refractivity contribution in [3.05, 3.63) is 22.7 Å². The van der Waals surface area contributed by atoms with Crippen molar-refractivity contribution in [2.45, 2.75) is 51.5 Å². The van der Waals surface area contributed by atoms with Crippen molar-refractivity contribution in [3.63, 3.8) is 0 Å². The molecule has 0 bridgehead atoms. The molecular weight excluding hydrogens is 302 g/mol. The molecule has 2 nitrogen and oxygen atoms in total. The van der Waals surface area contributed by atoms with Gasteiger partial charge < -0.3 is 10.1 Å². The van der Waals surface area contributed by atoms with E-state index >= 15 is 0 Å². The Balaban J connectivity index is 1.98. The van der Waals surface area contributed by atoms with Crippen LogP contribution in [0.15, 0.2) is 22.7 Å². The number of halogens is 1. The van der Waals surface area contributed by atoms with Gasteiger partial charge in [0.1, 0.15) is 5.75 Å². The van der Waals surface area contributed by atoms with Crippen LogP contribution in [0.3, 0.4) is 0 Å². The Bertz CT molecular complexity index is 408. The average Bonchev–Trinajstić information content (AvgIpc) is 2.63. The Morgan fingerprint density at radius 1 is 1.21 bits per heavy atom. The minimum atomic E-state index is 0.607. The summed E-state index contributed by atoms with van der Waals surface area (Å²) in [4.78, 5) is 0. The molecule has 19 heavy (non-hydrogen) atoms. The van der Waals surface area contributed by atoms with Crippen LogP contribution < -0.4 is 10.1 Å². The molecule has 1 fully saturated rings. The second kappa shape index (κ2) is 7.18. The molecule has 1 aliphatic rings. The lowest BCUT2D eigenvalue weighted by Crippen LogP contribution is -2.18. The monoisotopic (exact) mass is 325 g/mol. The SMILES string of the molecule is CCC1CCCC(Nc2cc(Br)cc(OC)c2)CC1. The maximum Gasteiger partial charge on any atom is 0.122 e. The van der Waals surface area contributed by atoms with Crippen molar-refractivity contribution >= 4 is 21.6 Å². The molecule has 0 aromatic heterocycles. The van der Waals surface area contributed by atoms with E-state index < -0.39 is 0 Å². The summed E-state index contributed by atoms with van der Waals surface area (Å²) >= 11 is 3.53. The molecule has 0 amide bonds. The molecule has 2 rings (SSSR count). The molecule has 0 saturated heterocycles. The van der Waals surface area contributed by atoms with Crippen LogP contribution in [0.25, 0.3) is 0 Å². The van der Waals surface area contributed by atoms with Crippen molar-refractivity contribution in [3.8, 4) is 5.75 Å². The van der Waals surface area contributed by atoms with Gasteiger partial charge in [-0.1, -0.05) is 42.1 Å². The summed E-state index contributed by atoms with van der Waals surface area (Å²) in [5.41, 5.74) is 1.16. The summed E-state index contributed by atoms with van der Waals surface area (Å²) in [5.74, 6) is 1.83. The quantitative estimate of drug-likeness (QED) is 0.765. The van der Waals surface area contributed by atoms with Crippen LogP contribution in [0.1, 0.15) is 45.4 Å². The summed E-state index contributed by atoms with van der Waals surface area (Å²) < 4.78 is 6.38. The number of hydrogen-bond acceptors (Lipinski definition) is 2. The summed E-state index contributed by atoms with van der Waals surface area (Å²) in [6.07, 6.45) is 8.01. The zero-order valence-electron chi connectivity index (χ0n) is 11.9. The van der Waals surface area contributed by atoms with Crippen LogP contribution >= 0.6 is 15.9 Å².